The van der Waals surface area contributed by atoms with E-state index in [1.54, 1.807) is 0 Å². The molecule has 3 amide bonds. The van der Waals surface area contributed by atoms with E-state index in [-0.39, 0.29) is 23.4 Å². The molecule has 4 rings (SSSR count). The van der Waals surface area contributed by atoms with Crippen LogP contribution in [0.1, 0.15) is 30.7 Å². The van der Waals surface area contributed by atoms with Crippen molar-refractivity contribution in [3.8, 4) is 0 Å². The second-order valence-corrected chi connectivity index (χ2v) is 7.66. The molecule has 3 saturated heterocycles. The molecule has 3 aliphatic heterocycles. The Labute approximate surface area is 154 Å². The second-order valence-electron chi connectivity index (χ2n) is 7.66. The number of nitrogens with zero attached hydrogens (tertiary/aromatic N) is 3. The number of hydrogen-bond acceptors (Lipinski definition) is 3. The van der Waals surface area contributed by atoms with Crippen LogP contribution < -0.4 is 0 Å². The van der Waals surface area contributed by atoms with E-state index in [0.29, 0.717) is 26.3 Å². The van der Waals surface area contributed by atoms with E-state index in [2.05, 4.69) is 0 Å². The van der Waals surface area contributed by atoms with Crippen LogP contribution in [0.5, 0.6) is 0 Å². The lowest BCUT2D eigenvalue weighted by molar-refractivity contribution is -0.131. The molecule has 26 heavy (non-hydrogen) atoms. The molecule has 140 valence electrons. The van der Waals surface area contributed by atoms with Crippen molar-refractivity contribution in [2.75, 3.05) is 46.4 Å². The third-order valence-corrected chi connectivity index (χ3v) is 6.37. The summed E-state index contributed by atoms with van der Waals surface area (Å²) in [6.45, 7) is 4.04. The average Bonchev–Trinajstić information content (AvgIpc) is 2.95. The number of urea groups is 1. The zero-order valence-corrected chi connectivity index (χ0v) is 15.4. The van der Waals surface area contributed by atoms with Crippen molar-refractivity contribution >= 4 is 11.9 Å². The maximum atomic E-state index is 12.9. The van der Waals surface area contributed by atoms with Crippen molar-refractivity contribution in [1.82, 2.24) is 14.7 Å². The van der Waals surface area contributed by atoms with Crippen LogP contribution in [-0.2, 0) is 9.53 Å². The quantitative estimate of drug-likeness (QED) is 0.772. The molecule has 0 N–H and O–H groups in total. The van der Waals surface area contributed by atoms with Gasteiger partial charge in [-0.2, -0.15) is 0 Å². The van der Waals surface area contributed by atoms with E-state index in [1.165, 1.54) is 0 Å². The molecule has 0 radical (unpaired) electrons. The molecule has 6 heteroatoms. The lowest BCUT2D eigenvalue weighted by Crippen LogP contribution is -2.56. The fraction of sp³-hybridized carbons (Fsp3) is 0.600. The van der Waals surface area contributed by atoms with Gasteiger partial charge in [0.15, 0.2) is 0 Å². The van der Waals surface area contributed by atoms with Crippen molar-refractivity contribution in [3.63, 3.8) is 0 Å². The van der Waals surface area contributed by atoms with Crippen LogP contribution in [0.15, 0.2) is 30.3 Å². The average molecular weight is 357 g/mol. The number of likely N-dealkylation sites (N-methyl/N-ethyl adjacent to an activating group) is 1. The van der Waals surface area contributed by atoms with Crippen LogP contribution in [0.25, 0.3) is 0 Å². The Balaban J connectivity index is 1.43. The second kappa shape index (κ2) is 6.91. The van der Waals surface area contributed by atoms with Crippen LogP contribution in [0.3, 0.4) is 0 Å². The number of morpholine rings is 1. The molecule has 0 aromatic heterocycles. The Morgan fingerprint density at radius 3 is 2.31 bits per heavy atom. The van der Waals surface area contributed by atoms with E-state index in [9.17, 15) is 9.59 Å². The standard InChI is InChI=1S/C20H27N3O3/c1-21-18(24)17(16-5-3-2-4-6-16)15-20(21)7-9-22(10-8-20)19(25)23-11-13-26-14-12-23/h2-6,17H,7-15H2,1H3. The van der Waals surface area contributed by atoms with Gasteiger partial charge < -0.3 is 19.4 Å². The molecular formula is C20H27N3O3. The topological polar surface area (TPSA) is 53.1 Å². The molecule has 0 aliphatic carbocycles. The number of benzene rings is 1. The van der Waals surface area contributed by atoms with Crippen LogP contribution >= 0.6 is 0 Å². The summed E-state index contributed by atoms with van der Waals surface area (Å²) >= 11 is 0. The van der Waals surface area contributed by atoms with Gasteiger partial charge in [-0.15, -0.1) is 0 Å². The van der Waals surface area contributed by atoms with Gasteiger partial charge in [0.05, 0.1) is 19.1 Å². The number of carbonyl (C=O) groups excluding carboxylic acids is 2. The van der Waals surface area contributed by atoms with Gasteiger partial charge in [-0.1, -0.05) is 30.3 Å². The van der Waals surface area contributed by atoms with E-state index in [1.807, 2.05) is 52.1 Å². The first-order chi connectivity index (χ1) is 12.6. The highest BCUT2D eigenvalue weighted by molar-refractivity contribution is 5.87. The van der Waals surface area contributed by atoms with E-state index < -0.39 is 0 Å². The molecular weight excluding hydrogens is 330 g/mol. The fourth-order valence-corrected chi connectivity index (χ4v) is 4.63. The monoisotopic (exact) mass is 357 g/mol. The minimum absolute atomic E-state index is 0.0531. The molecule has 0 saturated carbocycles. The third-order valence-electron chi connectivity index (χ3n) is 6.37. The van der Waals surface area contributed by atoms with Gasteiger partial charge in [-0.25, -0.2) is 4.79 Å². The molecule has 0 bridgehead atoms. The van der Waals surface area contributed by atoms with Crippen molar-refractivity contribution in [2.24, 2.45) is 0 Å². The summed E-state index contributed by atoms with van der Waals surface area (Å²) in [5, 5.41) is 0. The van der Waals surface area contributed by atoms with Gasteiger partial charge in [0, 0.05) is 38.8 Å². The Hall–Kier alpha value is -2.08. The van der Waals surface area contributed by atoms with Gasteiger partial charge in [-0.05, 0) is 24.8 Å². The maximum absolute atomic E-state index is 12.9. The van der Waals surface area contributed by atoms with E-state index >= 15 is 0 Å². The van der Waals surface area contributed by atoms with Gasteiger partial charge in [-0.3, -0.25) is 4.79 Å². The molecule has 1 spiro atoms. The molecule has 1 aromatic carbocycles. The highest BCUT2D eigenvalue weighted by Crippen LogP contribution is 2.44. The van der Waals surface area contributed by atoms with E-state index in [0.717, 1.165) is 37.9 Å². The van der Waals surface area contributed by atoms with Crippen molar-refractivity contribution in [3.05, 3.63) is 35.9 Å². The molecule has 3 aliphatic rings. The first-order valence-electron chi connectivity index (χ1n) is 9.55. The van der Waals surface area contributed by atoms with Crippen LogP contribution in [-0.4, -0.2) is 78.6 Å². The summed E-state index contributed by atoms with van der Waals surface area (Å²) in [5.74, 6) is 0.159. The lowest BCUT2D eigenvalue weighted by atomic mass is 9.81. The molecule has 1 unspecified atom stereocenters. The molecule has 1 atom stereocenters. The molecule has 3 heterocycles. The van der Waals surface area contributed by atoms with Gasteiger partial charge in [0.25, 0.3) is 0 Å². The number of ether oxygens (including phenoxy) is 1. The van der Waals surface area contributed by atoms with Crippen LogP contribution in [0.4, 0.5) is 4.79 Å². The fourth-order valence-electron chi connectivity index (χ4n) is 4.63. The van der Waals surface area contributed by atoms with Gasteiger partial charge in [0.1, 0.15) is 0 Å². The van der Waals surface area contributed by atoms with Crippen molar-refractivity contribution in [2.45, 2.75) is 30.7 Å². The largest absolute Gasteiger partial charge is 0.378 e. The summed E-state index contributed by atoms with van der Waals surface area (Å²) in [7, 11) is 1.94. The smallest absolute Gasteiger partial charge is 0.320 e. The van der Waals surface area contributed by atoms with Crippen LogP contribution in [0.2, 0.25) is 0 Å². The predicted octanol–water partition coefficient (Wildman–Crippen LogP) is 1.92. The molecule has 3 fully saturated rings. The third kappa shape index (κ3) is 2.96. The maximum Gasteiger partial charge on any atom is 0.320 e. The summed E-state index contributed by atoms with van der Waals surface area (Å²) in [4.78, 5) is 31.4. The number of carbonyl (C=O) groups is 2. The first kappa shape index (κ1) is 17.3. The number of hydrogen-bond donors (Lipinski definition) is 0. The molecule has 1 aromatic rings. The Kier molecular flexibility index (Phi) is 4.61. The number of piperidine rings is 1. The predicted molar refractivity (Wildman–Crippen MR) is 97.9 cm³/mol. The highest BCUT2D eigenvalue weighted by atomic mass is 16.5. The number of amides is 3. The summed E-state index contributed by atoms with van der Waals surface area (Å²) in [6, 6.07) is 10.2. The van der Waals surface area contributed by atoms with Gasteiger partial charge >= 0.3 is 6.03 Å². The van der Waals surface area contributed by atoms with E-state index in [4.69, 9.17) is 4.74 Å². The summed E-state index contributed by atoms with van der Waals surface area (Å²) < 4.78 is 5.34. The van der Waals surface area contributed by atoms with Crippen molar-refractivity contribution < 1.29 is 14.3 Å². The Morgan fingerprint density at radius 1 is 1.04 bits per heavy atom. The normalized spacial score (nSPS) is 25.8. The summed E-state index contributed by atoms with van der Waals surface area (Å²) in [6.07, 6.45) is 2.56. The van der Waals surface area contributed by atoms with Crippen molar-refractivity contribution in [1.29, 1.82) is 0 Å². The Bertz CT molecular complexity index is 664. The number of likely N-dealkylation sites (tertiary alicyclic amines) is 2. The summed E-state index contributed by atoms with van der Waals surface area (Å²) in [5.41, 5.74) is 0.993. The van der Waals surface area contributed by atoms with Crippen LogP contribution in [0, 0.1) is 0 Å². The van der Waals surface area contributed by atoms with Gasteiger partial charge in [0.2, 0.25) is 5.91 Å². The minimum atomic E-state index is -0.112. The highest BCUT2D eigenvalue weighted by Gasteiger charge is 2.51. The first-order valence-corrected chi connectivity index (χ1v) is 9.55. The Morgan fingerprint density at radius 2 is 1.65 bits per heavy atom. The zero-order chi connectivity index (χ0) is 18.1. The SMILES string of the molecule is CN1C(=O)C(c2ccccc2)CC12CCN(C(=O)N1CCOCC1)CC2. The molecule has 6 nitrogen and oxygen atoms in total. The minimum Gasteiger partial charge on any atom is -0.378 e. The lowest BCUT2D eigenvalue weighted by Gasteiger charge is -2.44. The zero-order valence-electron chi connectivity index (χ0n) is 15.4. The number of rotatable bonds is 1.